The van der Waals surface area contributed by atoms with E-state index in [9.17, 15) is 13.2 Å². The Kier molecular flexibility index (Phi) is 6.40. The van der Waals surface area contributed by atoms with Crippen LogP contribution in [0.1, 0.15) is 40.5 Å². The number of hydrogen-bond acceptors (Lipinski definition) is 5. The Labute approximate surface area is 193 Å². The van der Waals surface area contributed by atoms with Crippen molar-refractivity contribution in [3.63, 3.8) is 0 Å². The van der Waals surface area contributed by atoms with Crippen LogP contribution in [0.2, 0.25) is 0 Å². The Balaban J connectivity index is 1.43. The van der Waals surface area contributed by atoms with E-state index in [1.54, 1.807) is 20.0 Å². The van der Waals surface area contributed by atoms with Gasteiger partial charge in [-0.2, -0.15) is 4.31 Å². The number of carboxylic acids is 1. The topological polar surface area (TPSA) is 97.0 Å². The van der Waals surface area contributed by atoms with Gasteiger partial charge in [-0.3, -0.25) is 0 Å². The standard InChI is InChI=1S/C25H25NO6S/c1-17-3-14-25(32-17)33(29,30)26(2)23-12-9-20-15-21(10-11-22(20)23)31-16-19-6-4-18(5-7-19)8-13-24(27)28/h3-8,10-11,13-15,23H,9,12,16H2,1-2H3,(H,27,28). The summed E-state index contributed by atoms with van der Waals surface area (Å²) in [5.74, 6) is 0.291. The van der Waals surface area contributed by atoms with Crippen molar-refractivity contribution < 1.29 is 27.5 Å². The van der Waals surface area contributed by atoms with E-state index in [-0.39, 0.29) is 11.1 Å². The van der Waals surface area contributed by atoms with E-state index in [0.29, 0.717) is 18.8 Å². The van der Waals surface area contributed by atoms with Crippen molar-refractivity contribution in [2.24, 2.45) is 0 Å². The predicted octanol–water partition coefficient (Wildman–Crippen LogP) is 4.57. The van der Waals surface area contributed by atoms with Crippen LogP contribution in [0.3, 0.4) is 0 Å². The van der Waals surface area contributed by atoms with Crippen LogP contribution in [0.4, 0.5) is 0 Å². The third kappa shape index (κ3) is 5.02. The minimum Gasteiger partial charge on any atom is -0.489 e. The average molecular weight is 468 g/mol. The number of hydrogen-bond donors (Lipinski definition) is 1. The molecular weight excluding hydrogens is 442 g/mol. The van der Waals surface area contributed by atoms with Crippen LogP contribution >= 0.6 is 0 Å². The minimum atomic E-state index is -3.72. The van der Waals surface area contributed by atoms with Gasteiger partial charge in [0.15, 0.2) is 0 Å². The Morgan fingerprint density at radius 1 is 1.18 bits per heavy atom. The van der Waals surface area contributed by atoms with Gasteiger partial charge in [-0.25, -0.2) is 13.2 Å². The van der Waals surface area contributed by atoms with E-state index in [2.05, 4.69) is 0 Å². The summed E-state index contributed by atoms with van der Waals surface area (Å²) < 4.78 is 38.6. The molecule has 1 aliphatic rings. The Bertz CT molecular complexity index is 1290. The lowest BCUT2D eigenvalue weighted by Crippen LogP contribution is -2.30. The smallest absolute Gasteiger partial charge is 0.328 e. The van der Waals surface area contributed by atoms with Crippen LogP contribution in [0, 0.1) is 6.92 Å². The van der Waals surface area contributed by atoms with Crippen molar-refractivity contribution in [3.8, 4) is 5.75 Å². The molecule has 1 N–H and O–H groups in total. The van der Waals surface area contributed by atoms with Gasteiger partial charge in [0.05, 0.1) is 6.04 Å². The second-order valence-corrected chi connectivity index (χ2v) is 9.93. The number of carbonyl (C=O) groups is 1. The molecule has 4 rings (SSSR count). The van der Waals surface area contributed by atoms with Gasteiger partial charge in [0.2, 0.25) is 5.09 Å². The maximum Gasteiger partial charge on any atom is 0.328 e. The molecule has 8 heteroatoms. The van der Waals surface area contributed by atoms with Crippen LogP contribution in [-0.2, 0) is 27.8 Å². The van der Waals surface area contributed by atoms with Crippen molar-refractivity contribution in [1.29, 1.82) is 0 Å². The molecule has 1 unspecified atom stereocenters. The quantitative estimate of drug-likeness (QED) is 0.488. The minimum absolute atomic E-state index is 0.0413. The van der Waals surface area contributed by atoms with Crippen molar-refractivity contribution in [2.45, 2.75) is 37.5 Å². The second kappa shape index (κ2) is 9.25. The summed E-state index contributed by atoms with van der Waals surface area (Å²) >= 11 is 0. The molecule has 7 nitrogen and oxygen atoms in total. The van der Waals surface area contributed by atoms with Crippen LogP contribution in [-0.4, -0.2) is 30.8 Å². The second-order valence-electron chi connectivity index (χ2n) is 8.00. The van der Waals surface area contributed by atoms with Gasteiger partial charge in [-0.1, -0.05) is 30.3 Å². The van der Waals surface area contributed by atoms with Gasteiger partial charge in [0.1, 0.15) is 18.1 Å². The number of aliphatic carboxylic acids is 1. The van der Waals surface area contributed by atoms with Gasteiger partial charge >= 0.3 is 5.97 Å². The van der Waals surface area contributed by atoms with E-state index < -0.39 is 16.0 Å². The Hall–Kier alpha value is -3.36. The molecule has 0 bridgehead atoms. The maximum absolute atomic E-state index is 12.9. The summed E-state index contributed by atoms with van der Waals surface area (Å²) in [6.45, 7) is 2.09. The number of carboxylic acid groups (broad SMARTS) is 1. The number of sulfonamides is 1. The van der Waals surface area contributed by atoms with Gasteiger partial charge in [-0.15, -0.1) is 0 Å². The summed E-state index contributed by atoms with van der Waals surface area (Å²) in [4.78, 5) is 10.6. The van der Waals surface area contributed by atoms with Gasteiger partial charge in [0.25, 0.3) is 10.0 Å². The molecule has 0 fully saturated rings. The van der Waals surface area contributed by atoms with E-state index in [1.165, 1.54) is 16.4 Å². The molecule has 0 aliphatic heterocycles. The molecule has 1 atom stereocenters. The molecule has 3 aromatic rings. The van der Waals surface area contributed by atoms with Crippen LogP contribution in [0.5, 0.6) is 5.75 Å². The lowest BCUT2D eigenvalue weighted by atomic mass is 10.1. The molecule has 0 amide bonds. The zero-order chi connectivity index (χ0) is 23.6. The first-order valence-corrected chi connectivity index (χ1v) is 12.0. The molecule has 33 heavy (non-hydrogen) atoms. The molecule has 172 valence electrons. The monoisotopic (exact) mass is 467 g/mol. The summed E-state index contributed by atoms with van der Waals surface area (Å²) in [7, 11) is -2.13. The number of aryl methyl sites for hydroxylation is 2. The average Bonchev–Trinajstić information content (AvgIpc) is 3.42. The van der Waals surface area contributed by atoms with E-state index >= 15 is 0 Å². The number of furan rings is 1. The highest BCUT2D eigenvalue weighted by atomic mass is 32.2. The summed E-state index contributed by atoms with van der Waals surface area (Å²) in [6, 6.07) is 16.1. The third-order valence-electron chi connectivity index (χ3n) is 5.75. The molecule has 2 aromatic carbocycles. The Morgan fingerprint density at radius 2 is 1.94 bits per heavy atom. The van der Waals surface area contributed by atoms with Gasteiger partial charge < -0.3 is 14.3 Å². The normalized spacial score (nSPS) is 15.8. The number of benzene rings is 2. The predicted molar refractivity (Wildman–Crippen MR) is 123 cm³/mol. The van der Waals surface area contributed by atoms with Crippen molar-refractivity contribution in [1.82, 2.24) is 4.31 Å². The highest BCUT2D eigenvalue weighted by molar-refractivity contribution is 7.89. The number of nitrogens with zero attached hydrogens (tertiary/aromatic N) is 1. The third-order valence-corrected chi connectivity index (χ3v) is 7.49. The molecule has 1 aliphatic carbocycles. The summed E-state index contributed by atoms with van der Waals surface area (Å²) in [6.07, 6.45) is 4.09. The van der Waals surface area contributed by atoms with Crippen LogP contribution < -0.4 is 4.74 Å². The first-order chi connectivity index (χ1) is 15.7. The van der Waals surface area contributed by atoms with E-state index in [1.807, 2.05) is 42.5 Å². The molecule has 1 aromatic heterocycles. The SMILES string of the molecule is Cc1ccc(S(=O)(=O)N(C)C2CCc3cc(OCc4ccc(C=CC(=O)O)cc4)ccc32)o1. The first-order valence-electron chi connectivity index (χ1n) is 10.5. The van der Waals surface area contributed by atoms with Crippen molar-refractivity contribution in [3.05, 3.63) is 88.7 Å². The fraction of sp³-hybridized carbons (Fsp3) is 0.240. The number of rotatable bonds is 8. The molecule has 0 saturated heterocycles. The van der Waals surface area contributed by atoms with Crippen LogP contribution in [0.25, 0.3) is 6.08 Å². The zero-order valence-electron chi connectivity index (χ0n) is 18.4. The molecule has 0 saturated carbocycles. The fourth-order valence-electron chi connectivity index (χ4n) is 3.96. The van der Waals surface area contributed by atoms with Crippen molar-refractivity contribution in [2.75, 3.05) is 7.05 Å². The summed E-state index contributed by atoms with van der Waals surface area (Å²) in [5.41, 5.74) is 3.81. The largest absolute Gasteiger partial charge is 0.489 e. The lowest BCUT2D eigenvalue weighted by Gasteiger charge is -2.23. The van der Waals surface area contributed by atoms with Gasteiger partial charge in [0, 0.05) is 13.1 Å². The van der Waals surface area contributed by atoms with E-state index in [4.69, 9.17) is 14.3 Å². The highest BCUT2D eigenvalue weighted by Gasteiger charge is 2.35. The number of ether oxygens (including phenoxy) is 1. The fourth-order valence-corrected chi connectivity index (χ4v) is 5.27. The van der Waals surface area contributed by atoms with Crippen molar-refractivity contribution >= 4 is 22.1 Å². The molecular formula is C25H25NO6S. The van der Waals surface area contributed by atoms with E-state index in [0.717, 1.165) is 40.5 Å². The first kappa shape index (κ1) is 22.8. The Morgan fingerprint density at radius 3 is 2.61 bits per heavy atom. The summed E-state index contributed by atoms with van der Waals surface area (Å²) in [5, 5.41) is 8.66. The van der Waals surface area contributed by atoms with Gasteiger partial charge in [-0.05, 0) is 72.4 Å². The van der Waals surface area contributed by atoms with Crippen LogP contribution in [0.15, 0.2) is 70.2 Å². The maximum atomic E-state index is 12.9. The molecule has 0 spiro atoms. The highest BCUT2D eigenvalue weighted by Crippen LogP contribution is 2.39. The zero-order valence-corrected chi connectivity index (χ0v) is 19.2. The molecule has 1 heterocycles. The lowest BCUT2D eigenvalue weighted by molar-refractivity contribution is -0.131. The number of fused-ring (bicyclic) bond motifs is 1. The molecule has 0 radical (unpaired) electrons.